The van der Waals surface area contributed by atoms with E-state index in [9.17, 15) is 0 Å². The predicted molar refractivity (Wildman–Crippen MR) is 157 cm³/mol. The molecule has 7 rings (SSSR count). The van der Waals surface area contributed by atoms with Gasteiger partial charge in [-0.2, -0.15) is 0 Å². The van der Waals surface area contributed by atoms with Crippen LogP contribution in [-0.2, 0) is 0 Å². The summed E-state index contributed by atoms with van der Waals surface area (Å²) in [6, 6.07) is 49.4. The lowest BCUT2D eigenvalue weighted by Crippen LogP contribution is -2.09. The molecule has 1 aromatic heterocycles. The molecule has 0 N–H and O–H groups in total. The molecule has 2 heteroatoms. The maximum Gasteiger partial charge on any atom is 0.0786 e. The first-order valence-electron chi connectivity index (χ1n) is 12.6. The molecule has 7 aromatic rings. The molecule has 0 bridgehead atoms. The Bertz CT molecular complexity index is 1820. The van der Waals surface area contributed by atoms with Crippen LogP contribution in [0.3, 0.4) is 0 Å². The second kappa shape index (κ2) is 8.92. The highest BCUT2D eigenvalue weighted by Crippen LogP contribution is 2.39. The fraction of sp³-hybridized carbons (Fsp3) is 0. The lowest BCUT2D eigenvalue weighted by molar-refractivity contribution is 1.28. The lowest BCUT2D eigenvalue weighted by Gasteiger charge is -2.25. The molecule has 1 heterocycles. The maximum atomic E-state index is 4.83. The molecule has 0 aliphatic rings. The molecule has 0 saturated carbocycles. The molecule has 0 aliphatic carbocycles. The van der Waals surface area contributed by atoms with E-state index in [1.807, 2.05) is 12.3 Å². The monoisotopic (exact) mass is 472 g/mol. The number of fused-ring (bicyclic) bond motifs is 5. The first-order valence-corrected chi connectivity index (χ1v) is 12.6. The van der Waals surface area contributed by atoms with Gasteiger partial charge in [0.1, 0.15) is 0 Å². The predicted octanol–water partition coefficient (Wildman–Crippen LogP) is 9.68. The van der Waals surface area contributed by atoms with Crippen molar-refractivity contribution in [2.75, 3.05) is 4.90 Å². The van der Waals surface area contributed by atoms with Crippen molar-refractivity contribution in [3.63, 3.8) is 0 Å². The second-order valence-electron chi connectivity index (χ2n) is 9.26. The van der Waals surface area contributed by atoms with Crippen LogP contribution in [0.25, 0.3) is 43.6 Å². The number of hydrogen-bond acceptors (Lipinski definition) is 2. The molecule has 0 aliphatic heterocycles. The van der Waals surface area contributed by atoms with E-state index >= 15 is 0 Å². The number of para-hydroxylation sites is 2. The van der Waals surface area contributed by atoms with Crippen molar-refractivity contribution in [2.24, 2.45) is 0 Å². The van der Waals surface area contributed by atoms with Crippen LogP contribution >= 0.6 is 0 Å². The normalized spacial score (nSPS) is 11.2. The van der Waals surface area contributed by atoms with E-state index in [1.165, 1.54) is 26.9 Å². The summed E-state index contributed by atoms with van der Waals surface area (Å²) in [7, 11) is 0. The minimum Gasteiger partial charge on any atom is -0.311 e. The lowest BCUT2D eigenvalue weighted by atomic mass is 9.93. The van der Waals surface area contributed by atoms with Gasteiger partial charge < -0.3 is 4.90 Å². The second-order valence-corrected chi connectivity index (χ2v) is 9.26. The van der Waals surface area contributed by atoms with Gasteiger partial charge in [-0.15, -0.1) is 0 Å². The number of benzene rings is 6. The van der Waals surface area contributed by atoms with Crippen molar-refractivity contribution < 1.29 is 0 Å². The van der Waals surface area contributed by atoms with Crippen LogP contribution in [-0.4, -0.2) is 4.98 Å². The van der Waals surface area contributed by atoms with Crippen molar-refractivity contribution in [1.82, 2.24) is 4.98 Å². The van der Waals surface area contributed by atoms with E-state index in [0.29, 0.717) is 0 Å². The van der Waals surface area contributed by atoms with Gasteiger partial charge in [0.05, 0.1) is 5.52 Å². The molecular formula is C35H24N2. The Morgan fingerprint density at radius 2 is 1.05 bits per heavy atom. The molecule has 0 spiro atoms. The quantitative estimate of drug-likeness (QED) is 0.237. The van der Waals surface area contributed by atoms with Crippen LogP contribution in [0.5, 0.6) is 0 Å². The number of anilines is 3. The molecule has 0 amide bonds. The summed E-state index contributed by atoms with van der Waals surface area (Å²) in [5.74, 6) is 0. The van der Waals surface area contributed by atoms with Gasteiger partial charge in [0.25, 0.3) is 0 Å². The Morgan fingerprint density at radius 3 is 1.78 bits per heavy atom. The topological polar surface area (TPSA) is 16.1 Å². The molecule has 0 atom stereocenters. The minimum atomic E-state index is 1.03. The Morgan fingerprint density at radius 1 is 0.432 bits per heavy atom. The van der Waals surface area contributed by atoms with Gasteiger partial charge >= 0.3 is 0 Å². The SMILES string of the molecule is c1ccc(N(c2ccccc2)c2ccc(-c3cc4c5ccccc5ccc4c4cccnc34)cc2)cc1. The van der Waals surface area contributed by atoms with Gasteiger partial charge in [-0.3, -0.25) is 4.98 Å². The first kappa shape index (κ1) is 21.3. The van der Waals surface area contributed by atoms with Gasteiger partial charge in [-0.25, -0.2) is 0 Å². The standard InChI is InChI=1S/C35H24N2/c1-3-11-27(12-4-1)37(28-13-5-2-6-14-28)29-20-17-26(18-21-29)33-24-34-30-15-8-7-10-25(30)19-22-31(34)32-16-9-23-36-35(32)33/h1-24H. The number of nitrogens with zero attached hydrogens (tertiary/aromatic N) is 2. The molecule has 37 heavy (non-hydrogen) atoms. The number of pyridine rings is 1. The molecule has 0 radical (unpaired) electrons. The minimum absolute atomic E-state index is 1.03. The fourth-order valence-electron chi connectivity index (χ4n) is 5.35. The van der Waals surface area contributed by atoms with E-state index < -0.39 is 0 Å². The third-order valence-electron chi connectivity index (χ3n) is 7.08. The number of rotatable bonds is 4. The summed E-state index contributed by atoms with van der Waals surface area (Å²) in [6.07, 6.45) is 1.89. The highest BCUT2D eigenvalue weighted by atomic mass is 15.1. The smallest absolute Gasteiger partial charge is 0.0786 e. The van der Waals surface area contributed by atoms with Crippen LogP contribution < -0.4 is 4.90 Å². The van der Waals surface area contributed by atoms with E-state index in [2.05, 4.69) is 138 Å². The summed E-state index contributed by atoms with van der Waals surface area (Å²) in [5.41, 5.74) is 6.71. The zero-order chi connectivity index (χ0) is 24.6. The summed E-state index contributed by atoms with van der Waals surface area (Å²) < 4.78 is 0. The summed E-state index contributed by atoms with van der Waals surface area (Å²) >= 11 is 0. The number of aromatic nitrogens is 1. The Hall–Kier alpha value is -4.95. The molecule has 0 unspecified atom stereocenters. The van der Waals surface area contributed by atoms with E-state index in [0.717, 1.165) is 33.7 Å². The molecular weight excluding hydrogens is 448 g/mol. The molecule has 6 aromatic carbocycles. The van der Waals surface area contributed by atoms with Gasteiger partial charge in [-0.05, 0) is 75.6 Å². The molecule has 0 fully saturated rings. The summed E-state index contributed by atoms with van der Waals surface area (Å²) in [5, 5.41) is 6.19. The Labute approximate surface area is 216 Å². The fourth-order valence-corrected chi connectivity index (χ4v) is 5.35. The third kappa shape index (κ3) is 3.71. The summed E-state index contributed by atoms with van der Waals surface area (Å²) in [4.78, 5) is 7.12. The molecule has 174 valence electrons. The molecule has 0 saturated heterocycles. The highest BCUT2D eigenvalue weighted by Gasteiger charge is 2.14. The van der Waals surface area contributed by atoms with Crippen LogP contribution in [0.1, 0.15) is 0 Å². The average Bonchev–Trinajstić information content (AvgIpc) is 2.98. The number of hydrogen-bond donors (Lipinski definition) is 0. The van der Waals surface area contributed by atoms with Gasteiger partial charge in [0.2, 0.25) is 0 Å². The van der Waals surface area contributed by atoms with Crippen molar-refractivity contribution in [3.8, 4) is 11.1 Å². The van der Waals surface area contributed by atoms with Crippen LogP contribution in [0, 0.1) is 0 Å². The van der Waals surface area contributed by atoms with Gasteiger partial charge in [0.15, 0.2) is 0 Å². The zero-order valence-electron chi connectivity index (χ0n) is 20.3. The van der Waals surface area contributed by atoms with E-state index in [-0.39, 0.29) is 0 Å². The van der Waals surface area contributed by atoms with Crippen molar-refractivity contribution >= 4 is 49.5 Å². The van der Waals surface area contributed by atoms with Crippen LogP contribution in [0.4, 0.5) is 17.1 Å². The molecule has 2 nitrogen and oxygen atoms in total. The highest BCUT2D eigenvalue weighted by molar-refractivity contribution is 6.20. The Balaban J connectivity index is 1.41. The Kier molecular flexibility index (Phi) is 5.15. The van der Waals surface area contributed by atoms with Crippen molar-refractivity contribution in [2.45, 2.75) is 0 Å². The van der Waals surface area contributed by atoms with Gasteiger partial charge in [-0.1, -0.05) is 91.0 Å². The van der Waals surface area contributed by atoms with Gasteiger partial charge in [0, 0.05) is 34.2 Å². The first-order chi connectivity index (χ1) is 18.4. The van der Waals surface area contributed by atoms with E-state index in [1.54, 1.807) is 0 Å². The summed E-state index contributed by atoms with van der Waals surface area (Å²) in [6.45, 7) is 0. The zero-order valence-corrected chi connectivity index (χ0v) is 20.3. The van der Waals surface area contributed by atoms with Crippen LogP contribution in [0.15, 0.2) is 146 Å². The van der Waals surface area contributed by atoms with Crippen LogP contribution in [0.2, 0.25) is 0 Å². The van der Waals surface area contributed by atoms with Crippen molar-refractivity contribution in [3.05, 3.63) is 146 Å². The largest absolute Gasteiger partial charge is 0.311 e. The van der Waals surface area contributed by atoms with E-state index in [4.69, 9.17) is 4.98 Å². The van der Waals surface area contributed by atoms with Crippen molar-refractivity contribution in [1.29, 1.82) is 0 Å². The average molecular weight is 473 g/mol. The third-order valence-corrected chi connectivity index (χ3v) is 7.08. The maximum absolute atomic E-state index is 4.83.